The summed E-state index contributed by atoms with van der Waals surface area (Å²) < 4.78 is 42.1. The third-order valence-corrected chi connectivity index (χ3v) is 4.45. The Hall–Kier alpha value is -3.16. The number of pyridine rings is 1. The van der Waals surface area contributed by atoms with Crippen molar-refractivity contribution in [2.75, 3.05) is 5.32 Å². The molecule has 1 saturated carbocycles. The zero-order valence-electron chi connectivity index (χ0n) is 13.4. The Morgan fingerprint density at radius 1 is 1.12 bits per heavy atom. The van der Waals surface area contributed by atoms with Crippen molar-refractivity contribution < 1.29 is 18.0 Å². The number of carbonyl (C=O) groups excluding carboxylic acids is 1. The molecule has 1 fully saturated rings. The molecule has 1 N–H and O–H groups in total. The van der Waals surface area contributed by atoms with Crippen LogP contribution in [0.1, 0.15) is 18.4 Å². The molecule has 3 aromatic rings. The van der Waals surface area contributed by atoms with E-state index >= 15 is 0 Å². The van der Waals surface area contributed by atoms with Gasteiger partial charge in [0.05, 0.1) is 11.6 Å². The molecular weight excluding hydrogens is 345 g/mol. The molecule has 0 unspecified atom stereocenters. The number of amides is 1. The van der Waals surface area contributed by atoms with Gasteiger partial charge in [-0.1, -0.05) is 18.2 Å². The van der Waals surface area contributed by atoms with Crippen molar-refractivity contribution in [2.45, 2.75) is 18.3 Å². The minimum atomic E-state index is -0.914. The molecular formula is C18H13F3N4O. The monoisotopic (exact) mass is 358 g/mol. The van der Waals surface area contributed by atoms with Crippen molar-refractivity contribution >= 4 is 11.7 Å². The summed E-state index contributed by atoms with van der Waals surface area (Å²) in [6, 6.07) is 8.51. The lowest BCUT2D eigenvalue weighted by Gasteiger charge is -2.15. The van der Waals surface area contributed by atoms with E-state index in [-0.39, 0.29) is 17.4 Å². The SMILES string of the molecule is O=C(Nc1ccn(-c2cc(F)ncc2F)n1)C1(c2ccccc2F)CC1. The maximum atomic E-state index is 14.0. The van der Waals surface area contributed by atoms with Gasteiger partial charge >= 0.3 is 0 Å². The molecule has 1 aliphatic carbocycles. The van der Waals surface area contributed by atoms with Crippen molar-refractivity contribution in [1.82, 2.24) is 14.8 Å². The first-order valence-corrected chi connectivity index (χ1v) is 7.93. The van der Waals surface area contributed by atoms with Gasteiger partial charge in [-0.25, -0.2) is 18.4 Å². The van der Waals surface area contributed by atoms with Gasteiger partial charge in [0.25, 0.3) is 0 Å². The standard InChI is InChI=1S/C18H13F3N4O/c19-12-4-2-1-3-11(12)18(6-7-18)17(26)23-16-5-8-25(24-16)14-9-15(21)22-10-13(14)20/h1-5,8-10H,6-7H2,(H,23,24,26). The van der Waals surface area contributed by atoms with Crippen LogP contribution in [0.5, 0.6) is 0 Å². The number of hydrogen-bond acceptors (Lipinski definition) is 3. The minimum Gasteiger partial charge on any atom is -0.308 e. The second-order valence-electron chi connectivity index (χ2n) is 6.12. The number of nitrogens with zero attached hydrogens (tertiary/aromatic N) is 3. The average Bonchev–Trinajstić information content (AvgIpc) is 3.31. The second kappa shape index (κ2) is 5.98. The molecule has 0 bridgehead atoms. The van der Waals surface area contributed by atoms with Crippen LogP contribution >= 0.6 is 0 Å². The van der Waals surface area contributed by atoms with Crippen LogP contribution in [0, 0.1) is 17.6 Å². The third kappa shape index (κ3) is 2.73. The number of aromatic nitrogens is 3. The van der Waals surface area contributed by atoms with Gasteiger partial charge in [0.1, 0.15) is 11.5 Å². The van der Waals surface area contributed by atoms with Crippen LogP contribution in [-0.2, 0) is 10.2 Å². The van der Waals surface area contributed by atoms with Gasteiger partial charge in [0.2, 0.25) is 11.9 Å². The Labute approximate surface area is 146 Å². The molecule has 132 valence electrons. The molecule has 4 rings (SSSR count). The first-order valence-electron chi connectivity index (χ1n) is 7.93. The largest absolute Gasteiger partial charge is 0.308 e. The van der Waals surface area contributed by atoms with Crippen LogP contribution in [0.25, 0.3) is 5.69 Å². The van der Waals surface area contributed by atoms with Crippen molar-refractivity contribution in [2.24, 2.45) is 0 Å². The third-order valence-electron chi connectivity index (χ3n) is 4.45. The van der Waals surface area contributed by atoms with Gasteiger partial charge in [-0.15, -0.1) is 5.10 Å². The van der Waals surface area contributed by atoms with E-state index in [1.54, 1.807) is 18.2 Å². The number of rotatable bonds is 4. The molecule has 1 aliphatic rings. The average molecular weight is 358 g/mol. The number of carbonyl (C=O) groups is 1. The maximum absolute atomic E-state index is 14.0. The Balaban J connectivity index is 1.57. The Kier molecular flexibility index (Phi) is 3.75. The lowest BCUT2D eigenvalue weighted by molar-refractivity contribution is -0.118. The molecule has 0 radical (unpaired) electrons. The van der Waals surface area contributed by atoms with Crippen LogP contribution in [0.15, 0.2) is 48.8 Å². The van der Waals surface area contributed by atoms with E-state index in [1.807, 2.05) is 0 Å². The fourth-order valence-electron chi connectivity index (χ4n) is 2.93. The van der Waals surface area contributed by atoms with E-state index in [0.717, 1.165) is 16.9 Å². The molecule has 26 heavy (non-hydrogen) atoms. The highest BCUT2D eigenvalue weighted by atomic mass is 19.1. The van der Waals surface area contributed by atoms with E-state index in [4.69, 9.17) is 0 Å². The topological polar surface area (TPSA) is 59.8 Å². The molecule has 1 amide bonds. The summed E-state index contributed by atoms with van der Waals surface area (Å²) in [6.07, 6.45) is 3.20. The predicted molar refractivity (Wildman–Crippen MR) is 87.2 cm³/mol. The van der Waals surface area contributed by atoms with Crippen molar-refractivity contribution in [1.29, 1.82) is 0 Å². The second-order valence-corrected chi connectivity index (χ2v) is 6.12. The first-order chi connectivity index (χ1) is 12.5. The summed E-state index contributed by atoms with van der Waals surface area (Å²) >= 11 is 0. The van der Waals surface area contributed by atoms with Crippen LogP contribution in [0.4, 0.5) is 19.0 Å². The fourth-order valence-corrected chi connectivity index (χ4v) is 2.93. The fraction of sp³-hybridized carbons (Fsp3) is 0.167. The highest BCUT2D eigenvalue weighted by Gasteiger charge is 2.52. The molecule has 0 atom stereocenters. The Morgan fingerprint density at radius 2 is 1.88 bits per heavy atom. The summed E-state index contributed by atoms with van der Waals surface area (Å²) in [7, 11) is 0. The Bertz CT molecular complexity index is 998. The molecule has 0 spiro atoms. The summed E-state index contributed by atoms with van der Waals surface area (Å²) in [5.41, 5.74) is -0.698. The predicted octanol–water partition coefficient (Wildman–Crippen LogP) is 3.35. The van der Waals surface area contributed by atoms with Crippen LogP contribution < -0.4 is 5.32 Å². The Morgan fingerprint density at radius 3 is 2.62 bits per heavy atom. The summed E-state index contributed by atoms with van der Waals surface area (Å²) in [5, 5.41) is 6.66. The summed E-state index contributed by atoms with van der Waals surface area (Å²) in [4.78, 5) is 15.9. The zero-order chi connectivity index (χ0) is 18.3. The number of halogens is 3. The molecule has 1 aromatic carbocycles. The van der Waals surface area contributed by atoms with Crippen LogP contribution in [0.2, 0.25) is 0 Å². The van der Waals surface area contributed by atoms with Gasteiger partial charge in [-0.3, -0.25) is 4.79 Å². The lowest BCUT2D eigenvalue weighted by atomic mass is 9.94. The van der Waals surface area contributed by atoms with Gasteiger partial charge < -0.3 is 5.32 Å². The van der Waals surface area contributed by atoms with E-state index in [2.05, 4.69) is 15.4 Å². The number of anilines is 1. The quantitative estimate of drug-likeness (QED) is 0.728. The minimum absolute atomic E-state index is 0.131. The molecule has 5 nitrogen and oxygen atoms in total. The number of benzene rings is 1. The van der Waals surface area contributed by atoms with Gasteiger partial charge in [-0.2, -0.15) is 4.39 Å². The number of nitrogens with one attached hydrogen (secondary N) is 1. The molecule has 8 heteroatoms. The molecule has 0 saturated heterocycles. The van der Waals surface area contributed by atoms with Crippen LogP contribution in [0.3, 0.4) is 0 Å². The number of hydrogen-bond donors (Lipinski definition) is 1. The summed E-state index contributed by atoms with van der Waals surface area (Å²) in [6.45, 7) is 0. The highest BCUT2D eigenvalue weighted by molar-refractivity contribution is 6.00. The van der Waals surface area contributed by atoms with Gasteiger partial charge in [0, 0.05) is 23.9 Å². The lowest BCUT2D eigenvalue weighted by Crippen LogP contribution is -2.29. The van der Waals surface area contributed by atoms with E-state index < -0.39 is 23.0 Å². The highest BCUT2D eigenvalue weighted by Crippen LogP contribution is 2.49. The maximum Gasteiger partial charge on any atom is 0.236 e. The van der Waals surface area contributed by atoms with E-state index in [0.29, 0.717) is 18.4 Å². The normalized spacial score (nSPS) is 14.9. The molecule has 2 heterocycles. The molecule has 2 aromatic heterocycles. The zero-order valence-corrected chi connectivity index (χ0v) is 13.4. The van der Waals surface area contributed by atoms with Crippen LogP contribution in [-0.4, -0.2) is 20.7 Å². The van der Waals surface area contributed by atoms with E-state index in [9.17, 15) is 18.0 Å². The summed E-state index contributed by atoms with van der Waals surface area (Å²) in [5.74, 6) is -2.25. The van der Waals surface area contributed by atoms with Crippen molar-refractivity contribution in [3.05, 3.63) is 71.9 Å². The first kappa shape index (κ1) is 16.3. The van der Waals surface area contributed by atoms with Gasteiger partial charge in [-0.05, 0) is 18.9 Å². The van der Waals surface area contributed by atoms with Crippen molar-refractivity contribution in [3.8, 4) is 5.69 Å². The molecule has 0 aliphatic heterocycles. The van der Waals surface area contributed by atoms with Gasteiger partial charge in [0.15, 0.2) is 11.6 Å². The van der Waals surface area contributed by atoms with E-state index in [1.165, 1.54) is 18.3 Å². The van der Waals surface area contributed by atoms with Crippen molar-refractivity contribution in [3.63, 3.8) is 0 Å². The smallest absolute Gasteiger partial charge is 0.236 e.